The molecule has 170 valence electrons. The lowest BCUT2D eigenvalue weighted by Crippen LogP contribution is -2.69. The van der Waals surface area contributed by atoms with Crippen LogP contribution in [0.3, 0.4) is 0 Å². The number of aliphatic hydroxyl groups is 1. The Balaban J connectivity index is 3.15. The van der Waals surface area contributed by atoms with Crippen molar-refractivity contribution in [2.75, 3.05) is 13.2 Å². The van der Waals surface area contributed by atoms with Gasteiger partial charge in [0.1, 0.15) is 37.7 Å². The van der Waals surface area contributed by atoms with Crippen LogP contribution in [0.25, 0.3) is 0 Å². The first-order valence-electron chi connectivity index (χ1n) is 8.95. The van der Waals surface area contributed by atoms with Crippen molar-refractivity contribution in [3.63, 3.8) is 0 Å². The molecule has 1 aliphatic rings. The fourth-order valence-electron chi connectivity index (χ4n) is 2.75. The predicted molar refractivity (Wildman–Crippen MR) is 95.7 cm³/mol. The van der Waals surface area contributed by atoms with Crippen molar-refractivity contribution in [1.82, 2.24) is 10.6 Å². The molecule has 1 fully saturated rings. The zero-order chi connectivity index (χ0) is 23.0. The van der Waals surface area contributed by atoms with E-state index in [0.29, 0.717) is 0 Å². The van der Waals surface area contributed by atoms with Crippen LogP contribution in [0.1, 0.15) is 27.7 Å². The van der Waals surface area contributed by atoms with E-state index in [-0.39, 0.29) is 0 Å². The quantitative estimate of drug-likeness (QED) is 0.224. The molecule has 1 rings (SSSR count). The zero-order valence-corrected chi connectivity index (χ0v) is 16.9. The van der Waals surface area contributed by atoms with Crippen LogP contribution < -0.4 is 10.6 Å². The highest BCUT2D eigenvalue weighted by Gasteiger charge is 2.48. The lowest BCUT2D eigenvalue weighted by molar-refractivity contribution is -0.222. The van der Waals surface area contributed by atoms with Crippen molar-refractivity contribution in [3.8, 4) is 0 Å². The predicted octanol–water partition coefficient (Wildman–Crippen LogP) is -2.32. The summed E-state index contributed by atoms with van der Waals surface area (Å²) in [5.41, 5.74) is 0. The number of hydrogen-bond acceptors (Lipinski definition) is 11. The highest BCUT2D eigenvalue weighted by atomic mass is 16.6. The fourth-order valence-corrected chi connectivity index (χ4v) is 2.75. The summed E-state index contributed by atoms with van der Waals surface area (Å²) in [6, 6.07) is -2.71. The van der Waals surface area contributed by atoms with E-state index in [0.717, 1.165) is 27.7 Å². The minimum atomic E-state index is -1.55. The third kappa shape index (κ3) is 7.93. The zero-order valence-electron chi connectivity index (χ0n) is 16.9. The van der Waals surface area contributed by atoms with E-state index in [2.05, 4.69) is 10.6 Å². The van der Waals surface area contributed by atoms with Crippen LogP contribution in [-0.4, -0.2) is 89.8 Å². The summed E-state index contributed by atoms with van der Waals surface area (Å²) in [4.78, 5) is 56.7. The van der Waals surface area contributed by atoms with Crippen molar-refractivity contribution in [2.45, 2.75) is 64.3 Å². The lowest BCUT2D eigenvalue weighted by atomic mass is 9.95. The highest BCUT2D eigenvalue weighted by molar-refractivity contribution is 5.75. The summed E-state index contributed by atoms with van der Waals surface area (Å²) < 4.78 is 20.3. The largest absolute Gasteiger partial charge is 0.480 e. The number of nitrogens with one attached hydrogen (secondary N) is 2. The van der Waals surface area contributed by atoms with E-state index >= 15 is 0 Å². The number of rotatable bonds is 9. The SMILES string of the molecule is CC(=O)N[C@@H]1[C@@H](O)[C@@H](OC(C)=O)[C@@H](COC(C)=O)O[C@@H]1N[C@@H](COC(C)=O)C(=O)O. The van der Waals surface area contributed by atoms with Gasteiger partial charge >= 0.3 is 23.9 Å². The molecule has 0 aliphatic carbocycles. The minimum Gasteiger partial charge on any atom is -0.480 e. The molecule has 1 amide bonds. The van der Waals surface area contributed by atoms with Crippen molar-refractivity contribution >= 4 is 29.8 Å². The van der Waals surface area contributed by atoms with Crippen LogP contribution in [0, 0.1) is 0 Å². The number of esters is 3. The first-order chi connectivity index (χ1) is 13.9. The molecule has 13 nitrogen and oxygen atoms in total. The smallest absolute Gasteiger partial charge is 0.324 e. The van der Waals surface area contributed by atoms with Crippen LogP contribution in [0.4, 0.5) is 0 Å². The Morgan fingerprint density at radius 1 is 1.00 bits per heavy atom. The van der Waals surface area contributed by atoms with Gasteiger partial charge in [-0.05, 0) is 0 Å². The number of carboxylic acids is 1. The van der Waals surface area contributed by atoms with Gasteiger partial charge in [-0.2, -0.15) is 0 Å². The van der Waals surface area contributed by atoms with E-state index in [1.807, 2.05) is 0 Å². The topological polar surface area (TPSA) is 187 Å². The monoisotopic (exact) mass is 434 g/mol. The maximum Gasteiger partial charge on any atom is 0.324 e. The third-order valence-electron chi connectivity index (χ3n) is 3.96. The molecule has 0 aromatic heterocycles. The number of amides is 1. The number of aliphatic hydroxyl groups excluding tert-OH is 1. The van der Waals surface area contributed by atoms with Crippen LogP contribution in [0.2, 0.25) is 0 Å². The summed E-state index contributed by atoms with van der Waals surface area (Å²) in [7, 11) is 0. The van der Waals surface area contributed by atoms with Crippen molar-refractivity contribution < 1.29 is 53.1 Å². The second-order valence-corrected chi connectivity index (χ2v) is 6.55. The summed E-state index contributed by atoms with van der Waals surface area (Å²) in [5.74, 6) is -4.12. The van der Waals surface area contributed by atoms with E-state index in [4.69, 9.17) is 18.9 Å². The van der Waals surface area contributed by atoms with Crippen LogP contribution >= 0.6 is 0 Å². The second kappa shape index (κ2) is 11.4. The Morgan fingerprint density at radius 2 is 1.60 bits per heavy atom. The molecule has 1 heterocycles. The molecule has 30 heavy (non-hydrogen) atoms. The molecule has 0 aromatic carbocycles. The molecule has 0 radical (unpaired) electrons. The summed E-state index contributed by atoms with van der Waals surface area (Å²) in [6.07, 6.45) is -5.38. The van der Waals surface area contributed by atoms with Gasteiger partial charge in [-0.1, -0.05) is 0 Å². The fraction of sp³-hybridized carbons (Fsp3) is 0.706. The van der Waals surface area contributed by atoms with Crippen LogP contribution in [-0.2, 0) is 42.9 Å². The van der Waals surface area contributed by atoms with E-state index in [9.17, 15) is 34.2 Å². The summed E-state index contributed by atoms with van der Waals surface area (Å²) in [6.45, 7) is 3.50. The minimum absolute atomic E-state index is 0.420. The average Bonchev–Trinajstić information content (AvgIpc) is 2.61. The van der Waals surface area contributed by atoms with Crippen molar-refractivity contribution in [1.29, 1.82) is 0 Å². The molecule has 4 N–H and O–H groups in total. The van der Waals surface area contributed by atoms with Crippen molar-refractivity contribution in [2.24, 2.45) is 0 Å². The third-order valence-corrected chi connectivity index (χ3v) is 3.96. The number of hydrogen-bond donors (Lipinski definition) is 4. The highest BCUT2D eigenvalue weighted by Crippen LogP contribution is 2.24. The molecule has 6 atom stereocenters. The first-order valence-corrected chi connectivity index (χ1v) is 8.95. The van der Waals surface area contributed by atoms with Gasteiger partial charge < -0.3 is 34.5 Å². The van der Waals surface area contributed by atoms with Gasteiger partial charge in [0.15, 0.2) is 6.10 Å². The average molecular weight is 434 g/mol. The van der Waals surface area contributed by atoms with Gasteiger partial charge in [-0.3, -0.25) is 29.3 Å². The van der Waals surface area contributed by atoms with Crippen LogP contribution in [0.5, 0.6) is 0 Å². The number of aliphatic carboxylic acids is 1. The standard InChI is InChI=1S/C17H26N2O11/c1-7(20)18-13-14(24)15(29-10(4)23)12(6-28-9(3)22)30-16(13)19-11(17(25)26)5-27-8(2)21/h11-16,19,24H,5-6H2,1-4H3,(H,18,20)(H,25,26)/t11-,12+,13+,14+,15-,16-/m0/s1. The maximum atomic E-state index is 11.6. The molecular weight excluding hydrogens is 408 g/mol. The number of ether oxygens (including phenoxy) is 4. The Kier molecular flexibility index (Phi) is 9.62. The lowest BCUT2D eigenvalue weighted by Gasteiger charge is -2.44. The molecule has 1 saturated heterocycles. The Hall–Kier alpha value is -2.77. The van der Waals surface area contributed by atoms with E-state index in [1.54, 1.807) is 0 Å². The number of carboxylic acid groups (broad SMARTS) is 1. The Bertz CT molecular complexity index is 666. The molecule has 13 heteroatoms. The van der Waals surface area contributed by atoms with Crippen molar-refractivity contribution in [3.05, 3.63) is 0 Å². The summed E-state index contributed by atoms with van der Waals surface area (Å²) >= 11 is 0. The molecular formula is C17H26N2O11. The molecule has 0 bridgehead atoms. The Labute approximate surface area is 172 Å². The van der Waals surface area contributed by atoms with Gasteiger partial charge in [-0.15, -0.1) is 0 Å². The van der Waals surface area contributed by atoms with Gasteiger partial charge in [0.2, 0.25) is 5.91 Å². The molecule has 0 saturated carbocycles. The molecule has 0 aromatic rings. The van der Waals surface area contributed by atoms with Gasteiger partial charge in [0, 0.05) is 27.7 Å². The molecule has 1 aliphatic heterocycles. The molecule has 0 unspecified atom stereocenters. The maximum absolute atomic E-state index is 11.6. The summed E-state index contributed by atoms with van der Waals surface area (Å²) in [5, 5.41) is 25.0. The van der Waals surface area contributed by atoms with Gasteiger partial charge in [0.05, 0.1) is 6.04 Å². The molecule has 0 spiro atoms. The van der Waals surface area contributed by atoms with Crippen LogP contribution in [0.15, 0.2) is 0 Å². The Morgan fingerprint density at radius 3 is 2.07 bits per heavy atom. The normalized spacial score (nSPS) is 26.8. The number of carbonyl (C=O) groups excluding carboxylic acids is 4. The first kappa shape index (κ1) is 25.3. The number of carbonyl (C=O) groups is 5. The van der Waals surface area contributed by atoms with Gasteiger partial charge in [-0.25, -0.2) is 0 Å². The van der Waals surface area contributed by atoms with E-state index < -0.39 is 79.6 Å². The second-order valence-electron chi connectivity index (χ2n) is 6.55. The van der Waals surface area contributed by atoms with Gasteiger partial charge in [0.25, 0.3) is 0 Å². The van der Waals surface area contributed by atoms with E-state index in [1.165, 1.54) is 0 Å².